The number of carbonyl (C=O) groups excluding carboxylic acids is 1. The average molecular weight is 292 g/mol. The molecule has 3 N–H and O–H groups in total. The number of anilines is 1. The highest BCUT2D eigenvalue weighted by Crippen LogP contribution is 2.30. The van der Waals surface area contributed by atoms with Crippen LogP contribution in [0.5, 0.6) is 0 Å². The first kappa shape index (κ1) is 15.9. The molecule has 5 heteroatoms. The fraction of sp³-hybridized carbons (Fsp3) is 0.750. The molecular formula is C16H28N4O. The maximum Gasteiger partial charge on any atom is 0.271 e. The maximum absolute atomic E-state index is 12.3. The summed E-state index contributed by atoms with van der Waals surface area (Å²) in [6.45, 7) is 7.51. The molecule has 1 aliphatic carbocycles. The predicted molar refractivity (Wildman–Crippen MR) is 85.1 cm³/mol. The van der Waals surface area contributed by atoms with E-state index in [1.54, 1.807) is 4.68 Å². The Kier molecular flexibility index (Phi) is 5.26. The van der Waals surface area contributed by atoms with E-state index in [0.29, 0.717) is 17.9 Å². The van der Waals surface area contributed by atoms with Gasteiger partial charge in [0.05, 0.1) is 11.4 Å². The van der Waals surface area contributed by atoms with Gasteiger partial charge in [-0.1, -0.05) is 32.6 Å². The van der Waals surface area contributed by atoms with Crippen molar-refractivity contribution < 1.29 is 4.79 Å². The Morgan fingerprint density at radius 1 is 1.38 bits per heavy atom. The van der Waals surface area contributed by atoms with Gasteiger partial charge in [-0.2, -0.15) is 5.10 Å². The fourth-order valence-electron chi connectivity index (χ4n) is 3.16. The van der Waals surface area contributed by atoms with E-state index in [0.717, 1.165) is 30.5 Å². The number of nitrogen functional groups attached to an aromatic ring is 1. The van der Waals surface area contributed by atoms with Crippen molar-refractivity contribution >= 4 is 11.6 Å². The molecule has 0 unspecified atom stereocenters. The number of hydrogen-bond donors (Lipinski definition) is 2. The Bertz CT molecular complexity index is 487. The zero-order valence-electron chi connectivity index (χ0n) is 13.5. The summed E-state index contributed by atoms with van der Waals surface area (Å²) in [4.78, 5) is 12.3. The third-order valence-corrected chi connectivity index (χ3v) is 4.66. The van der Waals surface area contributed by atoms with Gasteiger partial charge in [0.2, 0.25) is 0 Å². The summed E-state index contributed by atoms with van der Waals surface area (Å²) in [6, 6.07) is 0. The van der Waals surface area contributed by atoms with Crippen LogP contribution in [0.1, 0.15) is 62.1 Å². The molecule has 0 aliphatic heterocycles. The molecule has 5 nitrogen and oxygen atoms in total. The molecule has 1 amide bonds. The molecule has 1 aromatic rings. The molecule has 21 heavy (non-hydrogen) atoms. The number of hydrogen-bond acceptors (Lipinski definition) is 3. The van der Waals surface area contributed by atoms with Gasteiger partial charge in [-0.25, -0.2) is 0 Å². The second-order valence-corrected chi connectivity index (χ2v) is 6.33. The number of amides is 1. The summed E-state index contributed by atoms with van der Waals surface area (Å²) in [5.41, 5.74) is 7.70. The molecule has 0 atom stereocenters. The van der Waals surface area contributed by atoms with Gasteiger partial charge in [0.1, 0.15) is 5.69 Å². The van der Waals surface area contributed by atoms with Crippen LogP contribution in [0.4, 0.5) is 5.69 Å². The van der Waals surface area contributed by atoms with Gasteiger partial charge in [-0.3, -0.25) is 9.48 Å². The van der Waals surface area contributed by atoms with Gasteiger partial charge in [0.15, 0.2) is 0 Å². The first-order valence-corrected chi connectivity index (χ1v) is 8.14. The molecule has 1 saturated carbocycles. The lowest BCUT2D eigenvalue weighted by atomic mass is 9.81. The topological polar surface area (TPSA) is 72.9 Å². The second kappa shape index (κ2) is 6.96. The molecule has 0 bridgehead atoms. The van der Waals surface area contributed by atoms with Gasteiger partial charge in [0.25, 0.3) is 5.91 Å². The van der Waals surface area contributed by atoms with Crippen LogP contribution in [0.25, 0.3) is 0 Å². The third kappa shape index (κ3) is 3.77. The van der Waals surface area contributed by atoms with Crippen molar-refractivity contribution in [3.63, 3.8) is 0 Å². The van der Waals surface area contributed by atoms with E-state index >= 15 is 0 Å². The standard InChI is InChI=1S/C16H28N4O/c1-4-20-15(14(17)12(3)19-20)16(21)18-10-9-13-7-5-11(2)6-8-13/h11,13H,4-10,17H2,1-3H3,(H,18,21). The molecule has 1 heterocycles. The first-order chi connectivity index (χ1) is 10.0. The van der Waals surface area contributed by atoms with Crippen molar-refractivity contribution in [3.05, 3.63) is 11.4 Å². The molecule has 0 aromatic carbocycles. The highest BCUT2D eigenvalue weighted by Gasteiger charge is 2.20. The smallest absolute Gasteiger partial charge is 0.271 e. The number of aryl methyl sites for hydroxylation is 2. The molecule has 118 valence electrons. The van der Waals surface area contributed by atoms with E-state index in [9.17, 15) is 4.79 Å². The van der Waals surface area contributed by atoms with Gasteiger partial charge in [-0.15, -0.1) is 0 Å². The molecular weight excluding hydrogens is 264 g/mol. The van der Waals surface area contributed by atoms with Crippen LogP contribution in [0.2, 0.25) is 0 Å². The third-order valence-electron chi connectivity index (χ3n) is 4.66. The molecule has 1 aliphatic rings. The number of nitrogens with zero attached hydrogens (tertiary/aromatic N) is 2. The summed E-state index contributed by atoms with van der Waals surface area (Å²) in [6.07, 6.45) is 6.31. The zero-order chi connectivity index (χ0) is 15.4. The number of nitrogens with one attached hydrogen (secondary N) is 1. The van der Waals surface area contributed by atoms with Gasteiger partial charge < -0.3 is 11.1 Å². The van der Waals surface area contributed by atoms with Gasteiger partial charge in [0, 0.05) is 13.1 Å². The Labute approximate surface area is 127 Å². The van der Waals surface area contributed by atoms with Gasteiger partial charge >= 0.3 is 0 Å². The lowest BCUT2D eigenvalue weighted by Crippen LogP contribution is -2.29. The van der Waals surface area contributed by atoms with Crippen molar-refractivity contribution in [1.29, 1.82) is 0 Å². The van der Waals surface area contributed by atoms with Crippen molar-refractivity contribution in [1.82, 2.24) is 15.1 Å². The van der Waals surface area contributed by atoms with E-state index in [2.05, 4.69) is 17.3 Å². The summed E-state index contributed by atoms with van der Waals surface area (Å²) in [5.74, 6) is 1.54. The van der Waals surface area contributed by atoms with Crippen LogP contribution in [-0.2, 0) is 6.54 Å². The normalized spacial score (nSPS) is 22.2. The van der Waals surface area contributed by atoms with Crippen LogP contribution in [0.15, 0.2) is 0 Å². The second-order valence-electron chi connectivity index (χ2n) is 6.33. The molecule has 0 radical (unpaired) electrons. The highest BCUT2D eigenvalue weighted by molar-refractivity contribution is 5.97. The maximum atomic E-state index is 12.3. The van der Waals surface area contributed by atoms with E-state index < -0.39 is 0 Å². The number of rotatable bonds is 5. The molecule has 0 spiro atoms. The van der Waals surface area contributed by atoms with E-state index in [4.69, 9.17) is 5.73 Å². The fourth-order valence-corrected chi connectivity index (χ4v) is 3.16. The van der Waals surface area contributed by atoms with Crippen LogP contribution < -0.4 is 11.1 Å². The minimum Gasteiger partial charge on any atom is -0.395 e. The Balaban J connectivity index is 1.85. The predicted octanol–water partition coefficient (Wildman–Crippen LogP) is 2.74. The van der Waals surface area contributed by atoms with Crippen LogP contribution in [0, 0.1) is 18.8 Å². The molecule has 2 rings (SSSR count). The molecule has 0 saturated heterocycles. The lowest BCUT2D eigenvalue weighted by molar-refractivity contribution is 0.0940. The van der Waals surface area contributed by atoms with E-state index in [-0.39, 0.29) is 5.91 Å². The summed E-state index contributed by atoms with van der Waals surface area (Å²) < 4.78 is 1.68. The summed E-state index contributed by atoms with van der Waals surface area (Å²) in [5, 5.41) is 7.29. The number of aromatic nitrogens is 2. The number of carbonyl (C=O) groups is 1. The van der Waals surface area contributed by atoms with Crippen molar-refractivity contribution in [2.45, 2.75) is 59.4 Å². The quantitative estimate of drug-likeness (QED) is 0.876. The highest BCUT2D eigenvalue weighted by atomic mass is 16.2. The van der Waals surface area contributed by atoms with Crippen LogP contribution >= 0.6 is 0 Å². The number of nitrogens with two attached hydrogens (primary N) is 1. The molecule has 1 fully saturated rings. The summed E-state index contributed by atoms with van der Waals surface area (Å²) >= 11 is 0. The molecule has 1 aromatic heterocycles. The van der Waals surface area contributed by atoms with E-state index in [1.807, 2.05) is 13.8 Å². The first-order valence-electron chi connectivity index (χ1n) is 8.14. The zero-order valence-corrected chi connectivity index (χ0v) is 13.5. The Morgan fingerprint density at radius 3 is 2.67 bits per heavy atom. The van der Waals surface area contributed by atoms with Crippen molar-refractivity contribution in [2.75, 3.05) is 12.3 Å². The van der Waals surface area contributed by atoms with E-state index in [1.165, 1.54) is 25.7 Å². The van der Waals surface area contributed by atoms with Crippen LogP contribution in [0.3, 0.4) is 0 Å². The lowest BCUT2D eigenvalue weighted by Gasteiger charge is -2.26. The van der Waals surface area contributed by atoms with Crippen LogP contribution in [-0.4, -0.2) is 22.2 Å². The average Bonchev–Trinajstić information content (AvgIpc) is 2.76. The minimum absolute atomic E-state index is 0.0980. The largest absolute Gasteiger partial charge is 0.395 e. The van der Waals surface area contributed by atoms with Gasteiger partial charge in [-0.05, 0) is 32.1 Å². The Morgan fingerprint density at radius 2 is 2.05 bits per heavy atom. The summed E-state index contributed by atoms with van der Waals surface area (Å²) in [7, 11) is 0. The minimum atomic E-state index is -0.0980. The van der Waals surface area contributed by atoms with Crippen molar-refractivity contribution in [3.8, 4) is 0 Å². The van der Waals surface area contributed by atoms with Crippen molar-refractivity contribution in [2.24, 2.45) is 11.8 Å². The SMILES string of the molecule is CCn1nc(C)c(N)c1C(=O)NCCC1CCC(C)CC1. The monoisotopic (exact) mass is 292 g/mol. The Hall–Kier alpha value is -1.52.